The zero-order valence-electron chi connectivity index (χ0n) is 17.1. The van der Waals surface area contributed by atoms with Crippen LogP contribution in [0, 0.1) is 0 Å². The Hall–Kier alpha value is -4.52. The van der Waals surface area contributed by atoms with Crippen molar-refractivity contribution in [2.24, 2.45) is 0 Å². The van der Waals surface area contributed by atoms with Gasteiger partial charge in [0.1, 0.15) is 12.2 Å². The smallest absolute Gasteiger partial charge is 0.254 e. The van der Waals surface area contributed by atoms with Gasteiger partial charge in [-0.1, -0.05) is 54.6 Å². The molecule has 3 aromatic heterocycles. The largest absolute Gasteiger partial charge is 0.324 e. The minimum absolute atomic E-state index is 0.138. The number of pyridine rings is 1. The molecule has 3 heterocycles. The molecule has 1 N–H and O–H groups in total. The lowest BCUT2D eigenvalue weighted by molar-refractivity contribution is -0.116. The molecule has 7 nitrogen and oxygen atoms in total. The van der Waals surface area contributed by atoms with Crippen molar-refractivity contribution in [3.05, 3.63) is 108 Å². The van der Waals surface area contributed by atoms with Crippen molar-refractivity contribution in [2.45, 2.75) is 6.54 Å². The first kappa shape index (κ1) is 19.4. The average molecular weight is 421 g/mol. The molecule has 0 aliphatic carbocycles. The predicted molar refractivity (Wildman–Crippen MR) is 123 cm³/mol. The second kappa shape index (κ2) is 8.31. The van der Waals surface area contributed by atoms with Gasteiger partial charge in [-0.25, -0.2) is 9.97 Å². The monoisotopic (exact) mass is 421 g/mol. The molecule has 5 rings (SSSR count). The lowest BCUT2D eigenvalue weighted by Gasteiger charge is -2.11. The fourth-order valence-corrected chi connectivity index (χ4v) is 3.54. The molecule has 0 bridgehead atoms. The van der Waals surface area contributed by atoms with Crippen LogP contribution in [0.3, 0.4) is 0 Å². The number of benzene rings is 2. The van der Waals surface area contributed by atoms with E-state index in [4.69, 9.17) is 0 Å². The van der Waals surface area contributed by atoms with E-state index >= 15 is 0 Å². The van der Waals surface area contributed by atoms with Gasteiger partial charge in [-0.2, -0.15) is 0 Å². The Labute approximate surface area is 183 Å². The first-order valence-corrected chi connectivity index (χ1v) is 10.1. The number of aromatic nitrogens is 4. The van der Waals surface area contributed by atoms with Crippen LogP contribution in [0.5, 0.6) is 0 Å². The van der Waals surface area contributed by atoms with Crippen LogP contribution < -0.4 is 10.9 Å². The number of para-hydroxylation sites is 1. The first-order chi connectivity index (χ1) is 15.7. The number of nitrogens with zero attached hydrogens (tertiary/aromatic N) is 4. The first-order valence-electron chi connectivity index (χ1n) is 10.1. The molecule has 1 amide bonds. The van der Waals surface area contributed by atoms with Crippen LogP contribution in [0.4, 0.5) is 5.69 Å². The third-order valence-corrected chi connectivity index (χ3v) is 5.10. The zero-order chi connectivity index (χ0) is 21.9. The third kappa shape index (κ3) is 3.91. The summed E-state index contributed by atoms with van der Waals surface area (Å²) in [6.45, 7) is -0.138. The molecule has 0 unspecified atom stereocenters. The van der Waals surface area contributed by atoms with E-state index in [-0.39, 0.29) is 18.0 Å². The standard InChI is InChI=1S/C25H19N5O2/c31-24(16-30-17-26-21(14-25(30)32)18-8-2-1-3-9-18)28-20-11-5-4-10-19(20)22-15-29-13-7-6-12-23(29)27-22/h1-15,17H,16H2,(H,28,31). The Morgan fingerprint density at radius 2 is 1.69 bits per heavy atom. The molecule has 32 heavy (non-hydrogen) atoms. The Morgan fingerprint density at radius 1 is 0.906 bits per heavy atom. The zero-order valence-corrected chi connectivity index (χ0v) is 17.1. The summed E-state index contributed by atoms with van der Waals surface area (Å²) in [4.78, 5) is 34.2. The number of carbonyl (C=O) groups excluding carboxylic acids is 1. The van der Waals surface area contributed by atoms with Gasteiger partial charge in [0.05, 0.1) is 23.4 Å². The summed E-state index contributed by atoms with van der Waals surface area (Å²) in [6, 6.07) is 24.1. The highest BCUT2D eigenvalue weighted by Crippen LogP contribution is 2.27. The summed E-state index contributed by atoms with van der Waals surface area (Å²) >= 11 is 0. The van der Waals surface area contributed by atoms with Crippen LogP contribution in [0.25, 0.3) is 28.2 Å². The number of fused-ring (bicyclic) bond motifs is 1. The molecule has 0 spiro atoms. The maximum absolute atomic E-state index is 12.7. The number of hydrogen-bond donors (Lipinski definition) is 1. The Morgan fingerprint density at radius 3 is 2.50 bits per heavy atom. The van der Waals surface area contributed by atoms with Crippen molar-refractivity contribution in [3.63, 3.8) is 0 Å². The number of nitrogens with one attached hydrogen (secondary N) is 1. The van der Waals surface area contributed by atoms with E-state index in [1.165, 1.54) is 17.0 Å². The predicted octanol–water partition coefficient (Wildman–Crippen LogP) is 3.86. The minimum Gasteiger partial charge on any atom is -0.324 e. The van der Waals surface area contributed by atoms with Crippen molar-refractivity contribution in [2.75, 3.05) is 5.32 Å². The second-order valence-electron chi connectivity index (χ2n) is 7.29. The molecule has 0 saturated heterocycles. The highest BCUT2D eigenvalue weighted by Gasteiger charge is 2.13. The van der Waals surface area contributed by atoms with Crippen LogP contribution in [-0.4, -0.2) is 24.8 Å². The molecule has 0 saturated carbocycles. The van der Waals surface area contributed by atoms with Crippen molar-refractivity contribution >= 4 is 17.2 Å². The molecule has 0 aliphatic heterocycles. The average Bonchev–Trinajstić information content (AvgIpc) is 3.25. The van der Waals surface area contributed by atoms with E-state index in [1.807, 2.05) is 89.6 Å². The summed E-state index contributed by atoms with van der Waals surface area (Å²) in [6.07, 6.45) is 5.24. The minimum atomic E-state index is -0.322. The molecule has 0 fully saturated rings. The lowest BCUT2D eigenvalue weighted by atomic mass is 10.1. The fourth-order valence-electron chi connectivity index (χ4n) is 3.54. The Balaban J connectivity index is 1.37. The molecule has 0 aliphatic rings. The highest BCUT2D eigenvalue weighted by atomic mass is 16.2. The molecule has 2 aromatic carbocycles. The summed E-state index contributed by atoms with van der Waals surface area (Å²) in [5.74, 6) is -0.322. The van der Waals surface area contributed by atoms with Gasteiger partial charge in [0.25, 0.3) is 5.56 Å². The fraction of sp³-hybridized carbons (Fsp3) is 0.0400. The van der Waals surface area contributed by atoms with Gasteiger partial charge < -0.3 is 9.72 Å². The number of amides is 1. The molecule has 7 heteroatoms. The SMILES string of the molecule is O=C(Cn1cnc(-c2ccccc2)cc1=O)Nc1ccccc1-c1cn2ccccc2n1. The maximum Gasteiger partial charge on any atom is 0.254 e. The summed E-state index contributed by atoms with van der Waals surface area (Å²) in [5, 5.41) is 2.90. The van der Waals surface area contributed by atoms with Gasteiger partial charge in [0.15, 0.2) is 0 Å². The van der Waals surface area contributed by atoms with E-state index in [0.29, 0.717) is 11.4 Å². The van der Waals surface area contributed by atoms with E-state index in [1.54, 1.807) is 0 Å². The maximum atomic E-state index is 12.7. The van der Waals surface area contributed by atoms with E-state index < -0.39 is 0 Å². The summed E-state index contributed by atoms with van der Waals surface area (Å²) in [7, 11) is 0. The van der Waals surface area contributed by atoms with Gasteiger partial charge in [-0.3, -0.25) is 14.2 Å². The molecule has 0 atom stereocenters. The summed E-state index contributed by atoms with van der Waals surface area (Å²) in [5.41, 5.74) is 4.13. The van der Waals surface area contributed by atoms with E-state index in [0.717, 1.165) is 22.5 Å². The van der Waals surface area contributed by atoms with Gasteiger partial charge in [0.2, 0.25) is 5.91 Å². The van der Waals surface area contributed by atoms with Crippen LogP contribution >= 0.6 is 0 Å². The topological polar surface area (TPSA) is 81.3 Å². The van der Waals surface area contributed by atoms with Crippen molar-refractivity contribution in [1.82, 2.24) is 18.9 Å². The molecular weight excluding hydrogens is 402 g/mol. The van der Waals surface area contributed by atoms with Gasteiger partial charge in [-0.15, -0.1) is 0 Å². The normalized spacial score (nSPS) is 10.9. The van der Waals surface area contributed by atoms with Gasteiger partial charge in [-0.05, 0) is 18.2 Å². The number of rotatable bonds is 5. The number of imidazole rings is 1. The number of carbonyl (C=O) groups is 1. The number of anilines is 1. The van der Waals surface area contributed by atoms with Crippen LogP contribution in [0.15, 0.2) is 102 Å². The molecule has 0 radical (unpaired) electrons. The van der Waals surface area contributed by atoms with Crippen molar-refractivity contribution < 1.29 is 4.79 Å². The Bertz CT molecular complexity index is 1440. The van der Waals surface area contributed by atoms with Crippen LogP contribution in [0.2, 0.25) is 0 Å². The molecular formula is C25H19N5O2. The van der Waals surface area contributed by atoms with E-state index in [2.05, 4.69) is 15.3 Å². The van der Waals surface area contributed by atoms with Gasteiger partial charge in [0, 0.05) is 29.6 Å². The van der Waals surface area contributed by atoms with Crippen LogP contribution in [-0.2, 0) is 11.3 Å². The highest BCUT2D eigenvalue weighted by molar-refractivity contribution is 5.95. The van der Waals surface area contributed by atoms with Crippen molar-refractivity contribution in [1.29, 1.82) is 0 Å². The second-order valence-corrected chi connectivity index (χ2v) is 7.29. The summed E-state index contributed by atoms with van der Waals surface area (Å²) < 4.78 is 3.21. The van der Waals surface area contributed by atoms with Gasteiger partial charge >= 0.3 is 0 Å². The molecule has 156 valence electrons. The molecule has 5 aromatic rings. The lowest BCUT2D eigenvalue weighted by Crippen LogP contribution is -2.27. The Kier molecular flexibility index (Phi) is 5.05. The van der Waals surface area contributed by atoms with Crippen molar-refractivity contribution in [3.8, 4) is 22.5 Å². The quantitative estimate of drug-likeness (QED) is 0.467. The number of hydrogen-bond acceptors (Lipinski definition) is 4. The van der Waals surface area contributed by atoms with E-state index in [9.17, 15) is 9.59 Å². The third-order valence-electron chi connectivity index (χ3n) is 5.10. The van der Waals surface area contributed by atoms with Crippen LogP contribution in [0.1, 0.15) is 0 Å².